The average molecular weight is 1050 g/mol. The summed E-state index contributed by atoms with van der Waals surface area (Å²) in [5.41, 5.74) is 0. The minimum atomic E-state index is -0.780. The van der Waals surface area contributed by atoms with E-state index in [9.17, 15) is 14.4 Å². The van der Waals surface area contributed by atoms with E-state index in [-0.39, 0.29) is 31.1 Å². The predicted octanol–water partition coefficient (Wildman–Crippen LogP) is 22.3. The molecule has 0 fully saturated rings. The number of carbonyl (C=O) groups excluding carboxylic acids is 3. The van der Waals surface area contributed by atoms with Crippen LogP contribution in [-0.4, -0.2) is 37.2 Å². The molecule has 0 N–H and O–H groups in total. The number of hydrogen-bond acceptors (Lipinski definition) is 6. The van der Waals surface area contributed by atoms with Crippen molar-refractivity contribution in [1.82, 2.24) is 0 Å². The molecule has 0 aromatic rings. The smallest absolute Gasteiger partial charge is 0.306 e. The largest absolute Gasteiger partial charge is 0.462 e. The fourth-order valence-corrected chi connectivity index (χ4v) is 9.65. The van der Waals surface area contributed by atoms with Crippen LogP contribution in [0.3, 0.4) is 0 Å². The predicted molar refractivity (Wildman–Crippen MR) is 325 cm³/mol. The maximum absolute atomic E-state index is 12.8. The number of rotatable bonds is 60. The second kappa shape index (κ2) is 63.6. The highest BCUT2D eigenvalue weighted by molar-refractivity contribution is 5.71. The van der Waals surface area contributed by atoms with Crippen LogP contribution in [0.15, 0.2) is 60.8 Å². The Hall–Kier alpha value is -2.89. The molecule has 0 aliphatic heterocycles. The number of unbranched alkanes of at least 4 members (excludes halogenated alkanes) is 39. The topological polar surface area (TPSA) is 78.9 Å². The zero-order valence-electron chi connectivity index (χ0n) is 50.1. The van der Waals surface area contributed by atoms with E-state index in [1.54, 1.807) is 0 Å². The van der Waals surface area contributed by atoms with Crippen molar-refractivity contribution in [2.45, 2.75) is 348 Å². The maximum Gasteiger partial charge on any atom is 0.306 e. The number of carbonyl (C=O) groups is 3. The van der Waals surface area contributed by atoms with Gasteiger partial charge in [0, 0.05) is 19.3 Å². The van der Waals surface area contributed by atoms with E-state index in [2.05, 4.69) is 81.5 Å². The van der Waals surface area contributed by atoms with Crippen molar-refractivity contribution in [2.75, 3.05) is 13.2 Å². The van der Waals surface area contributed by atoms with E-state index in [1.807, 2.05) is 0 Å². The van der Waals surface area contributed by atoms with Crippen LogP contribution >= 0.6 is 0 Å². The minimum Gasteiger partial charge on any atom is -0.462 e. The third-order valence-electron chi connectivity index (χ3n) is 14.5. The van der Waals surface area contributed by atoms with Crippen LogP contribution in [0.25, 0.3) is 0 Å². The first-order valence-corrected chi connectivity index (χ1v) is 32.8. The number of esters is 3. The summed E-state index contributed by atoms with van der Waals surface area (Å²) in [7, 11) is 0. The molecule has 0 amide bonds. The van der Waals surface area contributed by atoms with Gasteiger partial charge in [0.1, 0.15) is 13.2 Å². The summed E-state index contributed by atoms with van der Waals surface area (Å²) in [6, 6.07) is 0. The Kier molecular flexibility index (Phi) is 61.2. The van der Waals surface area contributed by atoms with Gasteiger partial charge in [-0.1, -0.05) is 319 Å². The van der Waals surface area contributed by atoms with Gasteiger partial charge in [0.05, 0.1) is 0 Å². The Morgan fingerprint density at radius 2 is 0.520 bits per heavy atom. The van der Waals surface area contributed by atoms with Gasteiger partial charge in [-0.3, -0.25) is 14.4 Å². The highest BCUT2D eigenvalue weighted by Crippen LogP contribution is 2.18. The quantitative estimate of drug-likeness (QED) is 0.0261. The number of allylic oxidation sites excluding steroid dienone is 10. The van der Waals surface area contributed by atoms with Gasteiger partial charge in [0.25, 0.3) is 0 Å². The first-order chi connectivity index (χ1) is 37.0. The summed E-state index contributed by atoms with van der Waals surface area (Å²) < 4.78 is 16.8. The maximum atomic E-state index is 12.8. The lowest BCUT2D eigenvalue weighted by Gasteiger charge is -2.18. The van der Waals surface area contributed by atoms with Gasteiger partial charge < -0.3 is 14.2 Å². The van der Waals surface area contributed by atoms with Crippen LogP contribution in [0.2, 0.25) is 0 Å². The molecule has 0 aliphatic rings. The molecule has 0 saturated carbocycles. The SMILES string of the molecule is CC/C=C\C/C=C\C/C=C\C/C=C\C/C=C\CCCCCCCC(=O)OC(COC(=O)CCCCCCC)COC(=O)CCCCCCCCCCCCCCCCCCCCCCCCCCCCCCCCC. The highest BCUT2D eigenvalue weighted by atomic mass is 16.6. The summed E-state index contributed by atoms with van der Waals surface area (Å²) >= 11 is 0. The van der Waals surface area contributed by atoms with Gasteiger partial charge in [-0.05, 0) is 64.2 Å². The normalized spacial score (nSPS) is 12.4. The van der Waals surface area contributed by atoms with Crippen molar-refractivity contribution < 1.29 is 28.6 Å². The molecule has 0 bridgehead atoms. The van der Waals surface area contributed by atoms with E-state index in [4.69, 9.17) is 14.2 Å². The molecule has 0 saturated heterocycles. The van der Waals surface area contributed by atoms with Crippen molar-refractivity contribution in [2.24, 2.45) is 0 Å². The highest BCUT2D eigenvalue weighted by Gasteiger charge is 2.19. The molecule has 1 unspecified atom stereocenters. The summed E-state index contributed by atoms with van der Waals surface area (Å²) in [5, 5.41) is 0. The van der Waals surface area contributed by atoms with Gasteiger partial charge >= 0.3 is 17.9 Å². The monoisotopic (exact) mass is 1050 g/mol. The fourth-order valence-electron chi connectivity index (χ4n) is 9.65. The molecule has 0 heterocycles. The Bertz CT molecular complexity index is 1340. The van der Waals surface area contributed by atoms with E-state index in [0.29, 0.717) is 19.3 Å². The molecule has 75 heavy (non-hydrogen) atoms. The Morgan fingerprint density at radius 1 is 0.280 bits per heavy atom. The lowest BCUT2D eigenvalue weighted by molar-refractivity contribution is -0.167. The average Bonchev–Trinajstić information content (AvgIpc) is 3.41. The molecule has 0 rings (SSSR count). The molecular formula is C69H124O6. The fraction of sp³-hybridized carbons (Fsp3) is 0.812. The third-order valence-corrected chi connectivity index (χ3v) is 14.5. The van der Waals surface area contributed by atoms with Crippen LogP contribution in [-0.2, 0) is 28.6 Å². The van der Waals surface area contributed by atoms with Crippen LogP contribution in [0.1, 0.15) is 342 Å². The standard InChI is InChI=1S/C69H124O6/c1-4-7-10-13-15-17-19-21-23-25-27-29-30-31-32-33-34-35-36-37-38-40-41-43-45-47-49-51-53-56-59-62-68(71)74-65-66(64-73-67(70)61-58-55-12-9-6-3)75-69(72)63-60-57-54-52-50-48-46-44-42-39-28-26-24-22-20-18-16-14-11-8-5-2/h8,11,16,18,22,24,28,39,44,46,66H,4-7,9-10,12-15,17,19-21,23,25-27,29-38,40-43,45,47-65H2,1-3H3/b11-8-,18-16-,24-22-,39-28-,46-44-. The number of ether oxygens (including phenoxy) is 3. The van der Waals surface area contributed by atoms with Crippen molar-refractivity contribution in [3.8, 4) is 0 Å². The van der Waals surface area contributed by atoms with Gasteiger partial charge in [0.2, 0.25) is 0 Å². The summed E-state index contributed by atoms with van der Waals surface area (Å²) in [4.78, 5) is 37.9. The summed E-state index contributed by atoms with van der Waals surface area (Å²) in [6.45, 7) is 6.47. The minimum absolute atomic E-state index is 0.0796. The van der Waals surface area contributed by atoms with Crippen molar-refractivity contribution in [1.29, 1.82) is 0 Å². The second-order valence-electron chi connectivity index (χ2n) is 22.0. The number of hydrogen-bond donors (Lipinski definition) is 0. The molecule has 0 radical (unpaired) electrons. The lowest BCUT2D eigenvalue weighted by atomic mass is 10.0. The second-order valence-corrected chi connectivity index (χ2v) is 22.0. The summed E-state index contributed by atoms with van der Waals surface area (Å²) in [5.74, 6) is -0.898. The molecular weight excluding hydrogens is 925 g/mol. The van der Waals surface area contributed by atoms with Gasteiger partial charge in [-0.2, -0.15) is 0 Å². The first-order valence-electron chi connectivity index (χ1n) is 32.8. The van der Waals surface area contributed by atoms with E-state index in [0.717, 1.165) is 116 Å². The molecule has 0 spiro atoms. The zero-order valence-corrected chi connectivity index (χ0v) is 50.1. The Morgan fingerprint density at radius 3 is 0.813 bits per heavy atom. The zero-order chi connectivity index (χ0) is 54.3. The molecule has 0 aromatic carbocycles. The van der Waals surface area contributed by atoms with Crippen LogP contribution < -0.4 is 0 Å². The molecule has 436 valence electrons. The Labute approximate surface area is 466 Å². The Balaban J connectivity index is 3.97. The van der Waals surface area contributed by atoms with Gasteiger partial charge in [-0.25, -0.2) is 0 Å². The van der Waals surface area contributed by atoms with E-state index >= 15 is 0 Å². The molecule has 0 aromatic heterocycles. The first kappa shape index (κ1) is 72.1. The summed E-state index contributed by atoms with van der Waals surface area (Å²) in [6.07, 6.45) is 81.6. The van der Waals surface area contributed by atoms with Crippen LogP contribution in [0, 0.1) is 0 Å². The molecule has 0 aliphatic carbocycles. The third kappa shape index (κ3) is 61.8. The van der Waals surface area contributed by atoms with E-state index < -0.39 is 6.10 Å². The van der Waals surface area contributed by atoms with Crippen molar-refractivity contribution in [3.63, 3.8) is 0 Å². The van der Waals surface area contributed by atoms with Crippen LogP contribution in [0.4, 0.5) is 0 Å². The van der Waals surface area contributed by atoms with Crippen molar-refractivity contribution >= 4 is 17.9 Å². The lowest BCUT2D eigenvalue weighted by Crippen LogP contribution is -2.30. The van der Waals surface area contributed by atoms with E-state index in [1.165, 1.54) is 186 Å². The molecule has 6 heteroatoms. The molecule has 6 nitrogen and oxygen atoms in total. The van der Waals surface area contributed by atoms with Gasteiger partial charge in [-0.15, -0.1) is 0 Å². The van der Waals surface area contributed by atoms with Crippen LogP contribution in [0.5, 0.6) is 0 Å². The molecule has 1 atom stereocenters. The van der Waals surface area contributed by atoms with Crippen molar-refractivity contribution in [3.05, 3.63) is 60.8 Å². The van der Waals surface area contributed by atoms with Gasteiger partial charge in [0.15, 0.2) is 6.10 Å².